The molecular formula is C18H23ClN2O4. The Morgan fingerprint density at radius 1 is 1.36 bits per heavy atom. The van der Waals surface area contributed by atoms with E-state index in [1.807, 2.05) is 4.90 Å². The van der Waals surface area contributed by atoms with Crippen LogP contribution in [0.5, 0.6) is 0 Å². The summed E-state index contributed by atoms with van der Waals surface area (Å²) in [5, 5.41) is 0.415. The van der Waals surface area contributed by atoms with Crippen LogP contribution in [-0.2, 0) is 14.3 Å². The van der Waals surface area contributed by atoms with Crippen molar-refractivity contribution in [3.8, 4) is 0 Å². The van der Waals surface area contributed by atoms with Gasteiger partial charge >= 0.3 is 5.97 Å². The van der Waals surface area contributed by atoms with Gasteiger partial charge in [0.25, 0.3) is 5.91 Å². The summed E-state index contributed by atoms with van der Waals surface area (Å²) in [5.74, 6) is -0.193. The number of amides is 1. The molecule has 0 bridgehead atoms. The van der Waals surface area contributed by atoms with Crippen LogP contribution in [0.1, 0.15) is 54.6 Å². The topological polar surface area (TPSA) is 68.7 Å². The minimum Gasteiger partial charge on any atom is -0.462 e. The third-order valence-electron chi connectivity index (χ3n) is 4.78. The van der Waals surface area contributed by atoms with Gasteiger partial charge in [-0.05, 0) is 38.7 Å². The maximum atomic E-state index is 12.4. The van der Waals surface area contributed by atoms with Gasteiger partial charge in [0.05, 0.1) is 22.9 Å². The van der Waals surface area contributed by atoms with Gasteiger partial charge < -0.3 is 14.4 Å². The summed E-state index contributed by atoms with van der Waals surface area (Å²) in [7, 11) is 0. The van der Waals surface area contributed by atoms with Crippen molar-refractivity contribution in [3.63, 3.8) is 0 Å². The Morgan fingerprint density at radius 3 is 2.76 bits per heavy atom. The zero-order valence-corrected chi connectivity index (χ0v) is 15.1. The van der Waals surface area contributed by atoms with Gasteiger partial charge in [-0.25, -0.2) is 4.79 Å². The van der Waals surface area contributed by atoms with Crippen LogP contribution in [0.15, 0.2) is 12.3 Å². The van der Waals surface area contributed by atoms with Gasteiger partial charge in [0.15, 0.2) is 0 Å². The van der Waals surface area contributed by atoms with Crippen molar-refractivity contribution in [2.75, 3.05) is 26.3 Å². The molecule has 1 aromatic heterocycles. The highest BCUT2D eigenvalue weighted by atomic mass is 35.5. The second-order valence-electron chi connectivity index (χ2n) is 6.41. The van der Waals surface area contributed by atoms with Gasteiger partial charge in [-0.3, -0.25) is 9.78 Å². The quantitative estimate of drug-likeness (QED) is 0.766. The summed E-state index contributed by atoms with van der Waals surface area (Å²) in [6.07, 6.45) is 4.57. The molecule has 0 aromatic carbocycles. The predicted octanol–water partition coefficient (Wildman–Crippen LogP) is 2.80. The van der Waals surface area contributed by atoms with E-state index in [-0.39, 0.29) is 17.9 Å². The Hall–Kier alpha value is -1.66. The molecule has 3 rings (SSSR count). The van der Waals surface area contributed by atoms with E-state index in [9.17, 15) is 9.59 Å². The van der Waals surface area contributed by atoms with Crippen LogP contribution in [0.25, 0.3) is 0 Å². The second kappa shape index (κ2) is 8.15. The molecule has 2 aliphatic heterocycles. The van der Waals surface area contributed by atoms with Crippen molar-refractivity contribution >= 4 is 23.5 Å². The van der Waals surface area contributed by atoms with Crippen molar-refractivity contribution in [1.82, 2.24) is 9.88 Å². The van der Waals surface area contributed by atoms with Crippen LogP contribution in [0.3, 0.4) is 0 Å². The molecule has 1 atom stereocenters. The normalized spacial score (nSPS) is 21.4. The van der Waals surface area contributed by atoms with Crippen molar-refractivity contribution < 1.29 is 19.1 Å². The number of halogens is 1. The first-order chi connectivity index (χ1) is 12.1. The van der Waals surface area contributed by atoms with Crippen LogP contribution in [-0.4, -0.2) is 54.2 Å². The van der Waals surface area contributed by atoms with E-state index in [1.165, 1.54) is 0 Å². The minimum absolute atomic E-state index is 0.0885. The molecule has 7 heteroatoms. The summed E-state index contributed by atoms with van der Waals surface area (Å²) in [6.45, 7) is 4.04. The molecule has 2 saturated heterocycles. The molecule has 1 aromatic rings. The first-order valence-electron chi connectivity index (χ1n) is 8.83. The Balaban J connectivity index is 1.68. The van der Waals surface area contributed by atoms with Gasteiger partial charge in [0, 0.05) is 31.8 Å². The molecule has 25 heavy (non-hydrogen) atoms. The Labute approximate surface area is 152 Å². The zero-order valence-electron chi connectivity index (χ0n) is 14.4. The standard InChI is InChI=1S/C18H23ClN2O4/c1-2-24-18(23)14-10-13(19)11-20-16(14)12-5-7-21(8-6-12)17(22)15-4-3-9-25-15/h10-12,15H,2-9H2,1H3/t15-/m1/s1. The van der Waals surface area contributed by atoms with Crippen LogP contribution in [0.4, 0.5) is 0 Å². The number of rotatable bonds is 4. The SMILES string of the molecule is CCOC(=O)c1cc(Cl)cnc1C1CCN(C(=O)[C@H]2CCCO2)CC1. The van der Waals surface area contributed by atoms with Crippen LogP contribution in [0, 0.1) is 0 Å². The average molecular weight is 367 g/mol. The largest absolute Gasteiger partial charge is 0.462 e. The van der Waals surface area contributed by atoms with E-state index < -0.39 is 5.97 Å². The summed E-state index contributed by atoms with van der Waals surface area (Å²) >= 11 is 6.00. The first-order valence-corrected chi connectivity index (χ1v) is 9.21. The van der Waals surface area contributed by atoms with Crippen molar-refractivity contribution in [3.05, 3.63) is 28.5 Å². The maximum absolute atomic E-state index is 12.4. The lowest BCUT2D eigenvalue weighted by molar-refractivity contribution is -0.142. The fourth-order valence-electron chi connectivity index (χ4n) is 3.50. The van der Waals surface area contributed by atoms with Gasteiger partial charge in [0.2, 0.25) is 0 Å². The highest BCUT2D eigenvalue weighted by Crippen LogP contribution is 2.31. The number of ether oxygens (including phenoxy) is 2. The lowest BCUT2D eigenvalue weighted by Gasteiger charge is -2.33. The Bertz CT molecular complexity index is 638. The Morgan fingerprint density at radius 2 is 2.12 bits per heavy atom. The molecule has 2 aliphatic rings. The highest BCUT2D eigenvalue weighted by molar-refractivity contribution is 6.30. The third kappa shape index (κ3) is 4.12. The molecule has 6 nitrogen and oxygen atoms in total. The number of esters is 1. The fraction of sp³-hybridized carbons (Fsp3) is 0.611. The molecule has 0 spiro atoms. The molecule has 1 amide bonds. The lowest BCUT2D eigenvalue weighted by atomic mass is 9.90. The first kappa shape index (κ1) is 18.1. The van der Waals surface area contributed by atoms with Crippen molar-refractivity contribution in [2.24, 2.45) is 0 Å². The molecule has 136 valence electrons. The summed E-state index contributed by atoms with van der Waals surface area (Å²) in [6, 6.07) is 1.62. The fourth-order valence-corrected chi connectivity index (χ4v) is 3.65. The molecule has 0 unspecified atom stereocenters. The van der Waals surface area contributed by atoms with E-state index >= 15 is 0 Å². The molecule has 0 aliphatic carbocycles. The molecule has 0 N–H and O–H groups in total. The van der Waals surface area contributed by atoms with E-state index in [0.29, 0.717) is 42.6 Å². The smallest absolute Gasteiger partial charge is 0.340 e. The molecule has 0 saturated carbocycles. The van der Waals surface area contributed by atoms with E-state index in [0.717, 1.165) is 25.7 Å². The summed E-state index contributed by atoms with van der Waals surface area (Å²) < 4.78 is 10.6. The van der Waals surface area contributed by atoms with Crippen LogP contribution < -0.4 is 0 Å². The Kier molecular flexibility index (Phi) is 5.91. The number of piperidine rings is 1. The number of hydrogen-bond acceptors (Lipinski definition) is 5. The molecule has 0 radical (unpaired) electrons. The monoisotopic (exact) mass is 366 g/mol. The lowest BCUT2D eigenvalue weighted by Crippen LogP contribution is -2.43. The van der Waals surface area contributed by atoms with Gasteiger partial charge in [0.1, 0.15) is 6.10 Å². The highest BCUT2D eigenvalue weighted by Gasteiger charge is 2.32. The summed E-state index contributed by atoms with van der Waals surface area (Å²) in [5.41, 5.74) is 1.14. The number of aromatic nitrogens is 1. The average Bonchev–Trinajstić information content (AvgIpc) is 3.16. The van der Waals surface area contributed by atoms with E-state index in [1.54, 1.807) is 19.2 Å². The third-order valence-corrected chi connectivity index (χ3v) is 4.99. The van der Waals surface area contributed by atoms with E-state index in [4.69, 9.17) is 21.1 Å². The zero-order chi connectivity index (χ0) is 17.8. The van der Waals surface area contributed by atoms with Crippen LogP contribution in [0.2, 0.25) is 5.02 Å². The van der Waals surface area contributed by atoms with Crippen LogP contribution >= 0.6 is 11.6 Å². The molecular weight excluding hydrogens is 344 g/mol. The maximum Gasteiger partial charge on any atom is 0.340 e. The van der Waals surface area contributed by atoms with Gasteiger partial charge in [-0.1, -0.05) is 11.6 Å². The van der Waals surface area contributed by atoms with Crippen molar-refractivity contribution in [2.45, 2.75) is 44.6 Å². The van der Waals surface area contributed by atoms with Gasteiger partial charge in [-0.2, -0.15) is 0 Å². The predicted molar refractivity (Wildman–Crippen MR) is 92.7 cm³/mol. The number of likely N-dealkylation sites (tertiary alicyclic amines) is 1. The number of pyridine rings is 1. The summed E-state index contributed by atoms with van der Waals surface area (Å²) in [4.78, 5) is 30.9. The molecule has 2 fully saturated rings. The second-order valence-corrected chi connectivity index (χ2v) is 6.84. The number of hydrogen-bond donors (Lipinski definition) is 0. The van der Waals surface area contributed by atoms with Gasteiger partial charge in [-0.15, -0.1) is 0 Å². The van der Waals surface area contributed by atoms with Crippen molar-refractivity contribution in [1.29, 1.82) is 0 Å². The van der Waals surface area contributed by atoms with E-state index in [2.05, 4.69) is 4.98 Å². The minimum atomic E-state index is -0.398. The number of nitrogens with zero attached hydrogens (tertiary/aromatic N) is 2. The number of carbonyl (C=O) groups is 2. The molecule has 3 heterocycles. The number of carbonyl (C=O) groups excluding carboxylic acids is 2.